The van der Waals surface area contributed by atoms with E-state index in [1.165, 1.54) is 19.3 Å². The molecule has 1 aliphatic rings. The first-order chi connectivity index (χ1) is 8.66. The van der Waals surface area contributed by atoms with Gasteiger partial charge in [0, 0.05) is 32.1 Å². The topological polar surface area (TPSA) is 58.1 Å². The number of carbonyl (C=O) groups is 1. The average Bonchev–Trinajstić information content (AvgIpc) is 2.26. The van der Waals surface area contributed by atoms with Crippen molar-refractivity contribution in [2.24, 2.45) is 0 Å². The summed E-state index contributed by atoms with van der Waals surface area (Å²) in [4.78, 5) is 21.5. The summed E-state index contributed by atoms with van der Waals surface area (Å²) < 4.78 is 0. The zero-order chi connectivity index (χ0) is 13.0. The minimum absolute atomic E-state index is 0.184. The number of anilines is 2. The average molecular weight is 248 g/mol. The number of ketones is 1. The first kappa shape index (κ1) is 12.8. The third-order valence-electron chi connectivity index (χ3n) is 3.42. The molecule has 0 aromatic carbocycles. The Morgan fingerprint density at radius 2 is 2.28 bits per heavy atom. The van der Waals surface area contributed by atoms with Gasteiger partial charge in [-0.15, -0.1) is 0 Å². The van der Waals surface area contributed by atoms with Crippen LogP contribution in [0, 0.1) is 0 Å². The van der Waals surface area contributed by atoms with E-state index in [9.17, 15) is 4.79 Å². The Morgan fingerprint density at radius 3 is 2.89 bits per heavy atom. The van der Waals surface area contributed by atoms with Crippen molar-refractivity contribution in [2.75, 3.05) is 23.8 Å². The Labute approximate surface area is 108 Å². The monoisotopic (exact) mass is 248 g/mol. The molecule has 1 aromatic rings. The molecular weight excluding hydrogens is 228 g/mol. The van der Waals surface area contributed by atoms with Gasteiger partial charge in [0.25, 0.3) is 0 Å². The molecule has 1 fully saturated rings. The van der Waals surface area contributed by atoms with Crippen molar-refractivity contribution in [1.82, 2.24) is 9.97 Å². The van der Waals surface area contributed by atoms with E-state index < -0.39 is 0 Å². The van der Waals surface area contributed by atoms with E-state index in [4.69, 9.17) is 0 Å². The summed E-state index contributed by atoms with van der Waals surface area (Å²) in [6.07, 6.45) is 5.89. The van der Waals surface area contributed by atoms with Crippen LogP contribution in [0.15, 0.2) is 12.4 Å². The predicted molar refractivity (Wildman–Crippen MR) is 71.9 cm³/mol. The van der Waals surface area contributed by atoms with Crippen LogP contribution in [0.3, 0.4) is 0 Å². The molecule has 0 spiro atoms. The largest absolute Gasteiger partial charge is 0.369 e. The van der Waals surface area contributed by atoms with Crippen LogP contribution < -0.4 is 10.2 Å². The molecule has 18 heavy (non-hydrogen) atoms. The summed E-state index contributed by atoms with van der Waals surface area (Å²) in [6.45, 7) is 2.22. The molecule has 1 saturated carbocycles. The molecule has 0 amide bonds. The van der Waals surface area contributed by atoms with Gasteiger partial charge in [0.15, 0.2) is 0 Å². The number of Topliss-reactive ketones (excluding diaryl/α,β-unsaturated/α-hetero) is 1. The van der Waals surface area contributed by atoms with Crippen molar-refractivity contribution in [3.05, 3.63) is 12.4 Å². The number of nitrogens with zero attached hydrogens (tertiary/aromatic N) is 3. The fourth-order valence-corrected chi connectivity index (χ4v) is 1.96. The molecule has 98 valence electrons. The number of hydrogen-bond acceptors (Lipinski definition) is 5. The summed E-state index contributed by atoms with van der Waals surface area (Å²) in [5.74, 6) is 1.91. The van der Waals surface area contributed by atoms with Gasteiger partial charge in [-0.2, -0.15) is 0 Å². The lowest BCUT2D eigenvalue weighted by molar-refractivity contribution is -0.116. The van der Waals surface area contributed by atoms with Gasteiger partial charge in [0.05, 0.1) is 0 Å². The molecule has 1 aromatic heterocycles. The van der Waals surface area contributed by atoms with Crippen LogP contribution in [-0.2, 0) is 4.79 Å². The Kier molecular flexibility index (Phi) is 4.12. The molecule has 1 aliphatic carbocycles. The molecule has 1 N–H and O–H groups in total. The molecule has 0 radical (unpaired) electrons. The van der Waals surface area contributed by atoms with E-state index in [1.807, 2.05) is 6.07 Å². The second-order valence-electron chi connectivity index (χ2n) is 4.84. The minimum atomic E-state index is 0.184. The number of hydrogen-bond donors (Lipinski definition) is 1. The molecule has 0 bridgehead atoms. The van der Waals surface area contributed by atoms with Crippen LogP contribution in [0.1, 0.15) is 32.6 Å². The lowest BCUT2D eigenvalue weighted by Gasteiger charge is -2.35. The van der Waals surface area contributed by atoms with E-state index in [2.05, 4.69) is 27.2 Å². The number of rotatable bonds is 6. The van der Waals surface area contributed by atoms with Crippen LogP contribution in [-0.4, -0.2) is 35.4 Å². The molecule has 0 atom stereocenters. The van der Waals surface area contributed by atoms with Gasteiger partial charge in [-0.25, -0.2) is 9.97 Å². The van der Waals surface area contributed by atoms with E-state index >= 15 is 0 Å². The van der Waals surface area contributed by atoms with Crippen LogP contribution in [0.2, 0.25) is 0 Å². The van der Waals surface area contributed by atoms with Crippen LogP contribution in [0.5, 0.6) is 0 Å². The zero-order valence-electron chi connectivity index (χ0n) is 11.0. The normalized spacial score (nSPS) is 15.0. The highest BCUT2D eigenvalue weighted by molar-refractivity contribution is 5.75. The van der Waals surface area contributed by atoms with Crippen molar-refractivity contribution in [3.63, 3.8) is 0 Å². The maximum absolute atomic E-state index is 10.9. The fraction of sp³-hybridized carbons (Fsp3) is 0.615. The molecule has 0 unspecified atom stereocenters. The van der Waals surface area contributed by atoms with Crippen molar-refractivity contribution < 1.29 is 4.79 Å². The highest BCUT2D eigenvalue weighted by atomic mass is 16.1. The van der Waals surface area contributed by atoms with Gasteiger partial charge in [-0.05, 0) is 26.2 Å². The Hall–Kier alpha value is -1.65. The summed E-state index contributed by atoms with van der Waals surface area (Å²) in [5.41, 5.74) is 0. The van der Waals surface area contributed by atoms with Crippen molar-refractivity contribution in [1.29, 1.82) is 0 Å². The standard InChI is InChI=1S/C13H20N4O/c1-10(18)6-7-14-12-8-13(16-9-15-12)17(2)11-4-3-5-11/h8-9,11H,3-7H2,1-2H3,(H,14,15,16). The van der Waals surface area contributed by atoms with Crippen LogP contribution >= 0.6 is 0 Å². The van der Waals surface area contributed by atoms with E-state index in [-0.39, 0.29) is 5.78 Å². The van der Waals surface area contributed by atoms with Crippen molar-refractivity contribution in [3.8, 4) is 0 Å². The predicted octanol–water partition coefficient (Wildman–Crippen LogP) is 1.86. The number of aromatic nitrogens is 2. The summed E-state index contributed by atoms with van der Waals surface area (Å²) in [7, 11) is 2.07. The lowest BCUT2D eigenvalue weighted by Crippen LogP contribution is -2.37. The number of nitrogens with one attached hydrogen (secondary N) is 1. The second-order valence-corrected chi connectivity index (χ2v) is 4.84. The summed E-state index contributed by atoms with van der Waals surface area (Å²) in [6, 6.07) is 2.56. The van der Waals surface area contributed by atoms with E-state index in [1.54, 1.807) is 13.3 Å². The highest BCUT2D eigenvalue weighted by Crippen LogP contribution is 2.27. The highest BCUT2D eigenvalue weighted by Gasteiger charge is 2.23. The first-order valence-electron chi connectivity index (χ1n) is 6.45. The van der Waals surface area contributed by atoms with Gasteiger partial charge in [0.2, 0.25) is 0 Å². The Bertz CT molecular complexity index is 417. The Morgan fingerprint density at radius 1 is 1.50 bits per heavy atom. The van der Waals surface area contributed by atoms with Gasteiger partial charge in [0.1, 0.15) is 23.7 Å². The molecule has 5 heteroatoms. The molecule has 0 aliphatic heterocycles. The quantitative estimate of drug-likeness (QED) is 0.832. The van der Waals surface area contributed by atoms with Crippen molar-refractivity contribution in [2.45, 2.75) is 38.6 Å². The second kappa shape index (κ2) is 5.80. The van der Waals surface area contributed by atoms with E-state index in [0.717, 1.165) is 11.6 Å². The van der Waals surface area contributed by atoms with Crippen molar-refractivity contribution >= 4 is 17.4 Å². The Balaban J connectivity index is 1.93. The zero-order valence-corrected chi connectivity index (χ0v) is 11.0. The first-order valence-corrected chi connectivity index (χ1v) is 6.45. The maximum atomic E-state index is 10.9. The smallest absolute Gasteiger partial charge is 0.134 e. The summed E-state index contributed by atoms with van der Waals surface area (Å²) in [5, 5.41) is 3.15. The third-order valence-corrected chi connectivity index (χ3v) is 3.42. The molecular formula is C13H20N4O. The SMILES string of the molecule is CC(=O)CCNc1cc(N(C)C2CCC2)ncn1. The lowest BCUT2D eigenvalue weighted by atomic mass is 9.92. The molecule has 1 heterocycles. The maximum Gasteiger partial charge on any atom is 0.134 e. The molecule has 0 saturated heterocycles. The molecule has 5 nitrogen and oxygen atoms in total. The third kappa shape index (κ3) is 3.18. The number of carbonyl (C=O) groups excluding carboxylic acids is 1. The fourth-order valence-electron chi connectivity index (χ4n) is 1.96. The van der Waals surface area contributed by atoms with Crippen LogP contribution in [0.4, 0.5) is 11.6 Å². The van der Waals surface area contributed by atoms with Gasteiger partial charge in [-0.1, -0.05) is 0 Å². The summed E-state index contributed by atoms with van der Waals surface area (Å²) >= 11 is 0. The van der Waals surface area contributed by atoms with Gasteiger partial charge < -0.3 is 10.2 Å². The van der Waals surface area contributed by atoms with E-state index in [0.29, 0.717) is 19.0 Å². The van der Waals surface area contributed by atoms with Crippen LogP contribution in [0.25, 0.3) is 0 Å². The minimum Gasteiger partial charge on any atom is -0.369 e. The van der Waals surface area contributed by atoms with Gasteiger partial charge in [-0.3, -0.25) is 4.79 Å². The van der Waals surface area contributed by atoms with Gasteiger partial charge >= 0.3 is 0 Å². The molecule has 2 rings (SSSR count).